The van der Waals surface area contributed by atoms with Crippen molar-refractivity contribution >= 4 is 17.5 Å². The maximum absolute atomic E-state index is 12.7. The highest BCUT2D eigenvalue weighted by Crippen LogP contribution is 2.19. The molecule has 0 fully saturated rings. The number of anilines is 1. The first kappa shape index (κ1) is 20.1. The molecule has 3 aromatic rings. The minimum absolute atomic E-state index is 0.0317. The number of hydrogen-bond donors (Lipinski definition) is 1. The van der Waals surface area contributed by atoms with Crippen molar-refractivity contribution < 1.29 is 14.3 Å². The van der Waals surface area contributed by atoms with Gasteiger partial charge in [0.15, 0.2) is 6.61 Å². The molecule has 0 radical (unpaired) electrons. The average molecular weight is 392 g/mol. The van der Waals surface area contributed by atoms with Crippen LogP contribution in [0.2, 0.25) is 0 Å². The van der Waals surface area contributed by atoms with Gasteiger partial charge in [-0.15, -0.1) is 0 Å². The van der Waals surface area contributed by atoms with Crippen LogP contribution in [0.3, 0.4) is 0 Å². The molecule has 0 bridgehead atoms. The van der Waals surface area contributed by atoms with Gasteiger partial charge in [0.25, 0.3) is 11.8 Å². The van der Waals surface area contributed by atoms with E-state index in [9.17, 15) is 9.59 Å². The number of aryl methyl sites for hydroxylation is 1. The average Bonchev–Trinajstić information content (AvgIpc) is 3.08. The fourth-order valence-corrected chi connectivity index (χ4v) is 2.76. The Labute approximate surface area is 169 Å². The lowest BCUT2D eigenvalue weighted by Gasteiger charge is -2.12. The minimum Gasteiger partial charge on any atom is -0.484 e. The Hall–Kier alpha value is -3.61. The van der Waals surface area contributed by atoms with Crippen LogP contribution in [0, 0.1) is 13.8 Å². The van der Waals surface area contributed by atoms with Crippen molar-refractivity contribution in [3.05, 3.63) is 71.5 Å². The summed E-state index contributed by atoms with van der Waals surface area (Å²) in [6.45, 7) is 3.85. The first-order chi connectivity index (χ1) is 13.8. The fourth-order valence-electron chi connectivity index (χ4n) is 2.76. The Kier molecular flexibility index (Phi) is 5.97. The topological polar surface area (TPSA) is 76.5 Å². The van der Waals surface area contributed by atoms with Crippen molar-refractivity contribution in [2.45, 2.75) is 13.8 Å². The number of carbonyl (C=O) groups excluding carboxylic acids is 2. The van der Waals surface area contributed by atoms with Crippen molar-refractivity contribution in [3.8, 4) is 11.4 Å². The zero-order valence-corrected chi connectivity index (χ0v) is 17.0. The molecular formula is C22H24N4O3. The summed E-state index contributed by atoms with van der Waals surface area (Å²) >= 11 is 0. The number of aromatic nitrogens is 2. The van der Waals surface area contributed by atoms with E-state index < -0.39 is 0 Å². The lowest BCUT2D eigenvalue weighted by Crippen LogP contribution is -2.27. The molecular weight excluding hydrogens is 368 g/mol. The molecule has 0 unspecified atom stereocenters. The lowest BCUT2D eigenvalue weighted by atomic mass is 10.2. The monoisotopic (exact) mass is 392 g/mol. The zero-order chi connectivity index (χ0) is 21.0. The van der Waals surface area contributed by atoms with E-state index in [2.05, 4.69) is 10.4 Å². The summed E-state index contributed by atoms with van der Waals surface area (Å²) in [7, 11) is 3.35. The van der Waals surface area contributed by atoms with Gasteiger partial charge in [-0.3, -0.25) is 9.59 Å². The van der Waals surface area contributed by atoms with Crippen LogP contribution in [0.4, 0.5) is 5.69 Å². The highest BCUT2D eigenvalue weighted by Gasteiger charge is 2.15. The molecule has 0 aliphatic carbocycles. The molecule has 3 rings (SSSR count). The van der Waals surface area contributed by atoms with Gasteiger partial charge in [-0.2, -0.15) is 5.10 Å². The summed E-state index contributed by atoms with van der Waals surface area (Å²) < 4.78 is 7.19. The summed E-state index contributed by atoms with van der Waals surface area (Å²) in [6.07, 6.45) is 1.57. The first-order valence-corrected chi connectivity index (χ1v) is 9.21. The van der Waals surface area contributed by atoms with Crippen molar-refractivity contribution in [1.29, 1.82) is 0 Å². The molecule has 0 saturated heterocycles. The van der Waals surface area contributed by atoms with E-state index in [0.29, 0.717) is 17.0 Å². The number of carbonyl (C=O) groups is 2. The fraction of sp³-hybridized carbons (Fsp3) is 0.227. The van der Waals surface area contributed by atoms with Gasteiger partial charge in [0.2, 0.25) is 0 Å². The number of nitrogens with one attached hydrogen (secondary N) is 1. The van der Waals surface area contributed by atoms with Gasteiger partial charge in [0, 0.05) is 19.8 Å². The van der Waals surface area contributed by atoms with Crippen LogP contribution >= 0.6 is 0 Å². The molecule has 0 spiro atoms. The predicted molar refractivity (Wildman–Crippen MR) is 112 cm³/mol. The van der Waals surface area contributed by atoms with Gasteiger partial charge >= 0.3 is 0 Å². The maximum atomic E-state index is 12.7. The first-order valence-electron chi connectivity index (χ1n) is 9.21. The van der Waals surface area contributed by atoms with Crippen molar-refractivity contribution in [2.75, 3.05) is 26.0 Å². The molecule has 29 heavy (non-hydrogen) atoms. The molecule has 1 aromatic heterocycles. The van der Waals surface area contributed by atoms with Crippen molar-refractivity contribution in [3.63, 3.8) is 0 Å². The molecule has 7 heteroatoms. The Morgan fingerprint density at radius 2 is 1.83 bits per heavy atom. The molecule has 0 saturated carbocycles. The van der Waals surface area contributed by atoms with Crippen LogP contribution in [-0.2, 0) is 4.79 Å². The van der Waals surface area contributed by atoms with E-state index in [4.69, 9.17) is 4.74 Å². The summed E-state index contributed by atoms with van der Waals surface area (Å²) in [4.78, 5) is 25.7. The quantitative estimate of drug-likeness (QED) is 0.699. The largest absolute Gasteiger partial charge is 0.484 e. The number of likely N-dealkylation sites (N-methyl/N-ethyl adjacent to an activating group) is 1. The smallest absolute Gasteiger partial charge is 0.259 e. The Bertz CT molecular complexity index is 1020. The van der Waals surface area contributed by atoms with Crippen LogP contribution in [0.1, 0.15) is 21.6 Å². The number of ether oxygens (including phenoxy) is 1. The molecule has 0 atom stereocenters. The summed E-state index contributed by atoms with van der Waals surface area (Å²) in [5.41, 5.74) is 3.93. The third-order valence-electron chi connectivity index (χ3n) is 4.47. The Morgan fingerprint density at radius 3 is 2.48 bits per heavy atom. The standard InChI is InChI=1S/C22H24N4O3/c1-15-6-5-7-18(12-15)26-16(2)20(13-23-26)22(28)24-17-8-10-19(11-9-17)29-14-21(27)25(3)4/h5-13H,14H2,1-4H3,(H,24,28). The lowest BCUT2D eigenvalue weighted by molar-refractivity contribution is -0.130. The van der Waals surface area contributed by atoms with E-state index in [0.717, 1.165) is 16.9 Å². The second-order valence-electron chi connectivity index (χ2n) is 6.95. The van der Waals surface area contributed by atoms with E-state index in [-0.39, 0.29) is 18.4 Å². The van der Waals surface area contributed by atoms with Crippen LogP contribution in [0.15, 0.2) is 54.7 Å². The number of rotatable bonds is 6. The van der Waals surface area contributed by atoms with Crippen LogP contribution in [-0.4, -0.2) is 47.2 Å². The van der Waals surface area contributed by atoms with Crippen molar-refractivity contribution in [2.24, 2.45) is 0 Å². The number of benzene rings is 2. The SMILES string of the molecule is Cc1cccc(-n2ncc(C(=O)Nc3ccc(OCC(=O)N(C)C)cc3)c2C)c1. The highest BCUT2D eigenvalue weighted by molar-refractivity contribution is 6.05. The summed E-state index contributed by atoms with van der Waals surface area (Å²) in [5, 5.41) is 7.22. The van der Waals surface area contributed by atoms with E-state index in [1.165, 1.54) is 4.90 Å². The third-order valence-corrected chi connectivity index (χ3v) is 4.47. The van der Waals surface area contributed by atoms with Gasteiger partial charge in [-0.05, 0) is 55.8 Å². The Balaban J connectivity index is 1.67. The second kappa shape index (κ2) is 8.60. The van der Waals surface area contributed by atoms with Gasteiger partial charge in [0.1, 0.15) is 5.75 Å². The van der Waals surface area contributed by atoms with Gasteiger partial charge in [0.05, 0.1) is 23.1 Å². The second-order valence-corrected chi connectivity index (χ2v) is 6.95. The maximum Gasteiger partial charge on any atom is 0.259 e. The molecule has 1 heterocycles. The number of amides is 2. The molecule has 0 aliphatic rings. The number of nitrogens with zero attached hydrogens (tertiary/aromatic N) is 3. The van der Waals surface area contributed by atoms with Crippen LogP contribution < -0.4 is 10.1 Å². The van der Waals surface area contributed by atoms with Gasteiger partial charge < -0.3 is 15.0 Å². The van der Waals surface area contributed by atoms with Crippen LogP contribution in [0.25, 0.3) is 5.69 Å². The molecule has 2 amide bonds. The zero-order valence-electron chi connectivity index (χ0n) is 17.0. The van der Waals surface area contributed by atoms with E-state index >= 15 is 0 Å². The third kappa shape index (κ3) is 4.82. The van der Waals surface area contributed by atoms with Crippen LogP contribution in [0.5, 0.6) is 5.75 Å². The normalized spacial score (nSPS) is 10.5. The van der Waals surface area contributed by atoms with E-state index in [1.54, 1.807) is 49.2 Å². The summed E-state index contributed by atoms with van der Waals surface area (Å²) in [5.74, 6) is 0.197. The number of hydrogen-bond acceptors (Lipinski definition) is 4. The van der Waals surface area contributed by atoms with Gasteiger partial charge in [-0.25, -0.2) is 4.68 Å². The van der Waals surface area contributed by atoms with Gasteiger partial charge in [-0.1, -0.05) is 12.1 Å². The highest BCUT2D eigenvalue weighted by atomic mass is 16.5. The molecule has 150 valence electrons. The van der Waals surface area contributed by atoms with E-state index in [1.807, 2.05) is 38.1 Å². The molecule has 7 nitrogen and oxygen atoms in total. The molecule has 1 N–H and O–H groups in total. The molecule has 0 aliphatic heterocycles. The van der Waals surface area contributed by atoms with Crippen molar-refractivity contribution in [1.82, 2.24) is 14.7 Å². The Morgan fingerprint density at radius 1 is 1.10 bits per heavy atom. The molecule has 2 aromatic carbocycles. The predicted octanol–water partition coefficient (Wildman–Crippen LogP) is 3.21. The minimum atomic E-state index is -0.238. The summed E-state index contributed by atoms with van der Waals surface area (Å²) in [6, 6.07) is 14.8.